The SMILES string of the molecule is Cc1cc(-c2cc3c4c(c2)C(C)(C)c2cc(-c5ccccc5)ccc2N4c2ccc(-c4ccccc4)cc2C3(C)C)cc(C)c1-c1ccc(-c2cc3c4c(c2)C(C)(C)c2ccccc2N4c2ccccc2C3(C)C)cc1. The number of benzene rings is 10. The fraction of sp³-hybridized carbons (Fsp3) is 0.189. The molecule has 0 N–H and O–H groups in total. The summed E-state index contributed by atoms with van der Waals surface area (Å²) in [6, 6.07) is 78.4. The second-order valence-corrected chi connectivity index (χ2v) is 24.3. The lowest BCUT2D eigenvalue weighted by atomic mass is 9.65. The van der Waals surface area contributed by atoms with Crippen molar-refractivity contribution in [1.82, 2.24) is 0 Å². The van der Waals surface area contributed by atoms with E-state index in [1.54, 1.807) is 0 Å². The van der Waals surface area contributed by atoms with E-state index in [0.717, 1.165) is 0 Å². The standard InChI is InChI=1S/C74H64N2/c1-45-37-53(38-46(2)68(45)50-31-29-49(30-32-50)54-41-60-69-61(42-54)72(5,6)57-26-18-20-28-65(57)75(69)64-27-19-17-25-56(64)71(60,3)4)55-43-62-70-63(44-55)74(9,10)59-40-52(48-23-15-12-16-24-48)34-36-67(59)76(70)66-35-33-51(39-58(66)73(62,7)8)47-21-13-11-14-22-47/h11-44H,1-10H3. The highest BCUT2D eigenvalue weighted by Crippen LogP contribution is 2.63. The number of fused-ring (bicyclic) bond motifs is 8. The molecular weight excluding hydrogens is 917 g/mol. The van der Waals surface area contributed by atoms with E-state index in [1.165, 1.54) is 145 Å². The van der Waals surface area contributed by atoms with Crippen LogP contribution in [0.2, 0.25) is 0 Å². The number of hydrogen-bond donors (Lipinski definition) is 0. The lowest BCUT2D eigenvalue weighted by molar-refractivity contribution is 0.597. The monoisotopic (exact) mass is 981 g/mol. The summed E-state index contributed by atoms with van der Waals surface area (Å²) >= 11 is 0. The lowest BCUT2D eigenvalue weighted by Gasteiger charge is -2.50. The van der Waals surface area contributed by atoms with Crippen LogP contribution in [0.15, 0.2) is 206 Å². The molecule has 0 bridgehead atoms. The molecule has 2 nitrogen and oxygen atoms in total. The van der Waals surface area contributed by atoms with Gasteiger partial charge in [-0.3, -0.25) is 0 Å². The Kier molecular flexibility index (Phi) is 9.85. The van der Waals surface area contributed by atoms with Crippen LogP contribution in [0.25, 0.3) is 55.6 Å². The van der Waals surface area contributed by atoms with Crippen LogP contribution in [0.4, 0.5) is 34.1 Å². The van der Waals surface area contributed by atoms with E-state index < -0.39 is 0 Å². The predicted molar refractivity (Wildman–Crippen MR) is 321 cm³/mol. The minimum Gasteiger partial charge on any atom is -0.309 e. The summed E-state index contributed by atoms with van der Waals surface area (Å²) in [5.74, 6) is 0. The van der Waals surface area contributed by atoms with Gasteiger partial charge in [0.05, 0.1) is 34.1 Å². The predicted octanol–water partition coefficient (Wildman–Crippen LogP) is 20.1. The van der Waals surface area contributed by atoms with E-state index >= 15 is 0 Å². The zero-order valence-electron chi connectivity index (χ0n) is 45.5. The van der Waals surface area contributed by atoms with Crippen LogP contribution in [0, 0.1) is 13.8 Å². The maximum Gasteiger partial charge on any atom is 0.0544 e. The number of hydrogen-bond acceptors (Lipinski definition) is 2. The van der Waals surface area contributed by atoms with Gasteiger partial charge in [0.2, 0.25) is 0 Å². The second kappa shape index (κ2) is 16.2. The van der Waals surface area contributed by atoms with E-state index in [9.17, 15) is 0 Å². The zero-order chi connectivity index (χ0) is 52.2. The van der Waals surface area contributed by atoms with E-state index in [2.05, 4.69) is 285 Å². The van der Waals surface area contributed by atoms with E-state index in [-0.39, 0.29) is 21.7 Å². The van der Waals surface area contributed by atoms with Gasteiger partial charge in [0.1, 0.15) is 0 Å². The molecule has 0 spiro atoms. The smallest absolute Gasteiger partial charge is 0.0544 e. The molecule has 10 aromatic carbocycles. The molecule has 0 amide bonds. The van der Waals surface area contributed by atoms with Crippen molar-refractivity contribution in [2.75, 3.05) is 9.80 Å². The van der Waals surface area contributed by atoms with Crippen LogP contribution in [0.3, 0.4) is 0 Å². The Morgan fingerprint density at radius 2 is 0.526 bits per heavy atom. The van der Waals surface area contributed by atoms with Crippen molar-refractivity contribution in [2.24, 2.45) is 0 Å². The van der Waals surface area contributed by atoms with Crippen LogP contribution in [-0.4, -0.2) is 0 Å². The van der Waals surface area contributed by atoms with Gasteiger partial charge in [-0.25, -0.2) is 0 Å². The van der Waals surface area contributed by atoms with E-state index in [0.29, 0.717) is 0 Å². The quantitative estimate of drug-likeness (QED) is 0.170. The molecule has 0 fully saturated rings. The number of rotatable bonds is 5. The van der Waals surface area contributed by atoms with Crippen LogP contribution in [-0.2, 0) is 21.7 Å². The van der Waals surface area contributed by atoms with Crippen LogP contribution in [0.5, 0.6) is 0 Å². The molecule has 76 heavy (non-hydrogen) atoms. The largest absolute Gasteiger partial charge is 0.309 e. The van der Waals surface area contributed by atoms with Crippen molar-refractivity contribution in [3.05, 3.63) is 262 Å². The maximum absolute atomic E-state index is 2.59. The Morgan fingerprint density at radius 1 is 0.237 bits per heavy atom. The fourth-order valence-electron chi connectivity index (χ4n) is 14.2. The average Bonchev–Trinajstić information content (AvgIpc) is 3.56. The Labute approximate surface area is 450 Å². The van der Waals surface area contributed by atoms with E-state index in [4.69, 9.17) is 0 Å². The normalized spacial score (nSPS) is 16.1. The molecule has 4 aliphatic heterocycles. The summed E-state index contributed by atoms with van der Waals surface area (Å²) in [6.07, 6.45) is 0. The first-order valence-corrected chi connectivity index (χ1v) is 27.3. The van der Waals surface area contributed by atoms with Crippen molar-refractivity contribution >= 4 is 34.1 Å². The molecule has 0 saturated heterocycles. The Morgan fingerprint density at radius 3 is 0.947 bits per heavy atom. The molecule has 0 saturated carbocycles. The first-order chi connectivity index (χ1) is 36.5. The Balaban J connectivity index is 0.876. The third-order valence-electron chi connectivity index (χ3n) is 18.4. The second-order valence-electron chi connectivity index (χ2n) is 24.3. The summed E-state index contributed by atoms with van der Waals surface area (Å²) in [7, 11) is 0. The average molecular weight is 981 g/mol. The zero-order valence-corrected chi connectivity index (χ0v) is 45.5. The van der Waals surface area contributed by atoms with Gasteiger partial charge in [0.15, 0.2) is 0 Å². The van der Waals surface area contributed by atoms with Crippen molar-refractivity contribution in [3.63, 3.8) is 0 Å². The van der Waals surface area contributed by atoms with Crippen LogP contribution >= 0.6 is 0 Å². The number of anilines is 6. The summed E-state index contributed by atoms with van der Waals surface area (Å²) < 4.78 is 0. The van der Waals surface area contributed by atoms with Gasteiger partial charge in [0.25, 0.3) is 0 Å². The number of nitrogens with zero attached hydrogens (tertiary/aromatic N) is 2. The molecule has 0 aromatic heterocycles. The molecule has 14 rings (SSSR count). The first-order valence-electron chi connectivity index (χ1n) is 27.3. The van der Waals surface area contributed by atoms with Gasteiger partial charge in [-0.2, -0.15) is 0 Å². The molecule has 0 radical (unpaired) electrons. The van der Waals surface area contributed by atoms with Gasteiger partial charge in [-0.05, 0) is 186 Å². The minimum atomic E-state index is -0.282. The third-order valence-corrected chi connectivity index (χ3v) is 18.4. The summed E-state index contributed by atoms with van der Waals surface area (Å²) in [5.41, 5.74) is 32.8. The van der Waals surface area contributed by atoms with Crippen molar-refractivity contribution in [1.29, 1.82) is 0 Å². The molecule has 4 aliphatic rings. The number of aryl methyl sites for hydroxylation is 2. The highest BCUT2D eigenvalue weighted by Gasteiger charge is 2.48. The van der Waals surface area contributed by atoms with Gasteiger partial charge in [-0.1, -0.05) is 201 Å². The minimum absolute atomic E-state index is 0.182. The summed E-state index contributed by atoms with van der Waals surface area (Å²) in [6.45, 7) is 24.0. The van der Waals surface area contributed by atoms with Gasteiger partial charge in [0, 0.05) is 21.7 Å². The maximum atomic E-state index is 2.59. The summed E-state index contributed by atoms with van der Waals surface area (Å²) in [5, 5.41) is 0. The van der Waals surface area contributed by atoms with Gasteiger partial charge < -0.3 is 9.80 Å². The molecular formula is C74H64N2. The third kappa shape index (κ3) is 6.52. The molecule has 4 heterocycles. The first kappa shape index (κ1) is 46.3. The van der Waals surface area contributed by atoms with Crippen molar-refractivity contribution in [3.8, 4) is 55.6 Å². The topological polar surface area (TPSA) is 6.48 Å². The van der Waals surface area contributed by atoms with Crippen LogP contribution < -0.4 is 9.80 Å². The lowest BCUT2D eigenvalue weighted by Crippen LogP contribution is -2.38. The fourth-order valence-corrected chi connectivity index (χ4v) is 14.2. The Bertz CT molecular complexity index is 3830. The molecule has 10 aromatic rings. The van der Waals surface area contributed by atoms with Crippen molar-refractivity contribution in [2.45, 2.75) is 90.9 Å². The summed E-state index contributed by atoms with van der Waals surface area (Å²) in [4.78, 5) is 5.14. The molecule has 0 atom stereocenters. The highest BCUT2D eigenvalue weighted by molar-refractivity contribution is 5.97. The van der Waals surface area contributed by atoms with Gasteiger partial charge in [-0.15, -0.1) is 0 Å². The van der Waals surface area contributed by atoms with Gasteiger partial charge >= 0.3 is 0 Å². The molecule has 370 valence electrons. The Hall–Kier alpha value is -8.20. The van der Waals surface area contributed by atoms with Crippen molar-refractivity contribution < 1.29 is 0 Å². The highest BCUT2D eigenvalue weighted by atomic mass is 15.2. The van der Waals surface area contributed by atoms with Crippen LogP contribution in [0.1, 0.15) is 111 Å². The molecule has 0 unspecified atom stereocenters. The molecule has 0 aliphatic carbocycles. The van der Waals surface area contributed by atoms with E-state index in [1.807, 2.05) is 0 Å². The number of para-hydroxylation sites is 2. The molecule has 2 heteroatoms.